The van der Waals surface area contributed by atoms with E-state index in [4.69, 9.17) is 9.47 Å². The minimum Gasteiger partial charge on any atom is -0.462 e. The van der Waals surface area contributed by atoms with Crippen LogP contribution in [-0.2, 0) is 9.47 Å². The number of fused-ring (bicyclic) bond motifs is 1. The van der Waals surface area contributed by atoms with Crippen LogP contribution in [0.25, 0.3) is 23.3 Å². The number of ether oxygens (including phenoxy) is 2. The lowest BCUT2D eigenvalue weighted by Gasteiger charge is -2.05. The first kappa shape index (κ1) is 19.4. The van der Waals surface area contributed by atoms with E-state index in [9.17, 15) is 9.59 Å². The second kappa shape index (κ2) is 9.00. The molecule has 2 aliphatic carbocycles. The van der Waals surface area contributed by atoms with Gasteiger partial charge >= 0.3 is 11.9 Å². The highest BCUT2D eigenvalue weighted by atomic mass is 16.5. The van der Waals surface area contributed by atoms with Gasteiger partial charge in [0.1, 0.15) is 0 Å². The summed E-state index contributed by atoms with van der Waals surface area (Å²) in [7, 11) is 0. The molecule has 0 saturated carbocycles. The van der Waals surface area contributed by atoms with Gasteiger partial charge in [0.2, 0.25) is 0 Å². The van der Waals surface area contributed by atoms with Crippen LogP contribution in [0.1, 0.15) is 45.7 Å². The zero-order valence-electron chi connectivity index (χ0n) is 16.0. The molecule has 0 aromatic heterocycles. The Morgan fingerprint density at radius 1 is 0.714 bits per heavy atom. The molecule has 4 heteroatoms. The Morgan fingerprint density at radius 2 is 1.18 bits per heavy atom. The molecule has 0 saturated heterocycles. The normalized spacial score (nSPS) is 10.9. The zero-order chi connectivity index (χ0) is 19.9. The SMILES string of the molecule is CCOC(=O)c1c2cccccc-2c(C(=O)OCC)c1/C=C/c1ccccc1. The van der Waals surface area contributed by atoms with E-state index in [-0.39, 0.29) is 13.2 Å². The van der Waals surface area contributed by atoms with Gasteiger partial charge < -0.3 is 9.47 Å². The third-order valence-electron chi connectivity index (χ3n) is 4.32. The van der Waals surface area contributed by atoms with Crippen LogP contribution in [0.3, 0.4) is 0 Å². The maximum absolute atomic E-state index is 12.8. The van der Waals surface area contributed by atoms with Crippen molar-refractivity contribution in [1.82, 2.24) is 0 Å². The predicted molar refractivity (Wildman–Crippen MR) is 110 cm³/mol. The lowest BCUT2D eigenvalue weighted by Crippen LogP contribution is -2.08. The molecule has 28 heavy (non-hydrogen) atoms. The molecule has 0 heterocycles. The first-order chi connectivity index (χ1) is 13.7. The van der Waals surface area contributed by atoms with Gasteiger partial charge in [0.25, 0.3) is 0 Å². The van der Waals surface area contributed by atoms with Crippen molar-refractivity contribution in [2.45, 2.75) is 13.8 Å². The van der Waals surface area contributed by atoms with Crippen LogP contribution in [0, 0.1) is 0 Å². The van der Waals surface area contributed by atoms with E-state index in [0.717, 1.165) is 5.56 Å². The number of hydrogen-bond acceptors (Lipinski definition) is 4. The van der Waals surface area contributed by atoms with Crippen molar-refractivity contribution in [1.29, 1.82) is 0 Å². The summed E-state index contributed by atoms with van der Waals surface area (Å²) in [6.07, 6.45) is 3.66. The molecule has 0 unspecified atom stereocenters. The highest BCUT2D eigenvalue weighted by molar-refractivity contribution is 6.13. The number of carbonyl (C=O) groups excluding carboxylic acids is 2. The molecule has 0 spiro atoms. The average Bonchev–Trinajstić information content (AvgIpc) is 2.82. The molecule has 1 aromatic carbocycles. The van der Waals surface area contributed by atoms with Crippen molar-refractivity contribution in [3.63, 3.8) is 0 Å². The molecular weight excluding hydrogens is 352 g/mol. The first-order valence-corrected chi connectivity index (χ1v) is 9.29. The second-order valence-corrected chi connectivity index (χ2v) is 6.09. The smallest absolute Gasteiger partial charge is 0.339 e. The van der Waals surface area contributed by atoms with E-state index in [1.165, 1.54) is 0 Å². The molecule has 0 amide bonds. The van der Waals surface area contributed by atoms with Crippen molar-refractivity contribution in [3.8, 4) is 11.1 Å². The quantitative estimate of drug-likeness (QED) is 0.548. The standard InChI is InChI=1S/C24H22O4/c1-3-27-23(25)21-18-13-9-6-10-14-19(18)22(24(26)28-4-2)20(21)16-15-17-11-7-5-8-12-17/h5-16H,3-4H2,1-2H3/b16-15+. The van der Waals surface area contributed by atoms with Crippen molar-refractivity contribution < 1.29 is 19.1 Å². The van der Waals surface area contributed by atoms with Crippen LogP contribution in [0.2, 0.25) is 0 Å². The Hall–Kier alpha value is -3.40. The van der Waals surface area contributed by atoms with Crippen molar-refractivity contribution >= 4 is 24.1 Å². The van der Waals surface area contributed by atoms with Crippen LogP contribution < -0.4 is 0 Å². The highest BCUT2D eigenvalue weighted by Crippen LogP contribution is 2.38. The lowest BCUT2D eigenvalue weighted by atomic mass is 10.1. The second-order valence-electron chi connectivity index (χ2n) is 6.09. The topological polar surface area (TPSA) is 52.6 Å². The lowest BCUT2D eigenvalue weighted by molar-refractivity contribution is 0.0525. The van der Waals surface area contributed by atoms with Crippen LogP contribution in [0.4, 0.5) is 0 Å². The fraction of sp³-hybridized carbons (Fsp3) is 0.167. The maximum Gasteiger partial charge on any atom is 0.339 e. The predicted octanol–water partition coefficient (Wildman–Crippen LogP) is 5.32. The van der Waals surface area contributed by atoms with Gasteiger partial charge in [-0.25, -0.2) is 9.59 Å². The number of carbonyl (C=O) groups is 2. The van der Waals surface area contributed by atoms with Crippen molar-refractivity contribution in [3.05, 3.63) is 82.9 Å². The van der Waals surface area contributed by atoms with Crippen LogP contribution in [-0.4, -0.2) is 25.2 Å². The summed E-state index contributed by atoms with van der Waals surface area (Å²) in [6.45, 7) is 4.02. The molecule has 1 aromatic rings. The van der Waals surface area contributed by atoms with Gasteiger partial charge in [-0.1, -0.05) is 72.8 Å². The molecule has 0 fully saturated rings. The number of rotatable bonds is 6. The van der Waals surface area contributed by atoms with Crippen LogP contribution >= 0.6 is 0 Å². The van der Waals surface area contributed by atoms with Gasteiger partial charge in [0.15, 0.2) is 0 Å². The summed E-state index contributed by atoms with van der Waals surface area (Å²) >= 11 is 0. The molecule has 4 nitrogen and oxygen atoms in total. The largest absolute Gasteiger partial charge is 0.462 e. The third kappa shape index (κ3) is 3.96. The van der Waals surface area contributed by atoms with Gasteiger partial charge in [-0.05, 0) is 30.5 Å². The van der Waals surface area contributed by atoms with Gasteiger partial charge in [0, 0.05) is 5.56 Å². The fourth-order valence-electron chi connectivity index (χ4n) is 3.16. The van der Waals surface area contributed by atoms with E-state index < -0.39 is 11.9 Å². The molecule has 3 rings (SSSR count). The van der Waals surface area contributed by atoms with E-state index in [1.807, 2.05) is 66.7 Å². The Bertz CT molecular complexity index is 920. The Balaban J connectivity index is 2.27. The summed E-state index contributed by atoms with van der Waals surface area (Å²) in [5.41, 5.74) is 3.56. The number of esters is 2. The molecule has 142 valence electrons. The fourth-order valence-corrected chi connectivity index (χ4v) is 3.16. The Kier molecular flexibility index (Phi) is 6.22. The third-order valence-corrected chi connectivity index (χ3v) is 4.32. The van der Waals surface area contributed by atoms with Gasteiger partial charge in [-0.2, -0.15) is 0 Å². The first-order valence-electron chi connectivity index (χ1n) is 9.29. The summed E-state index contributed by atoms with van der Waals surface area (Å²) in [6, 6.07) is 18.9. The minimum absolute atomic E-state index is 0.251. The van der Waals surface area contributed by atoms with E-state index in [1.54, 1.807) is 19.9 Å². The Labute approximate surface area is 164 Å². The van der Waals surface area contributed by atoms with Gasteiger partial charge in [0.05, 0.1) is 24.3 Å². The van der Waals surface area contributed by atoms with Crippen molar-refractivity contribution in [2.75, 3.05) is 13.2 Å². The number of benzene rings is 1. The van der Waals surface area contributed by atoms with Gasteiger partial charge in [-0.15, -0.1) is 0 Å². The molecular formula is C24H22O4. The summed E-state index contributed by atoms with van der Waals surface area (Å²) in [5, 5.41) is 0. The monoisotopic (exact) mass is 374 g/mol. The summed E-state index contributed by atoms with van der Waals surface area (Å²) in [5.74, 6) is -0.913. The summed E-state index contributed by atoms with van der Waals surface area (Å²) < 4.78 is 10.6. The maximum atomic E-state index is 12.8. The highest BCUT2D eigenvalue weighted by Gasteiger charge is 2.30. The van der Waals surface area contributed by atoms with E-state index in [0.29, 0.717) is 27.8 Å². The van der Waals surface area contributed by atoms with E-state index in [2.05, 4.69) is 0 Å². The van der Waals surface area contributed by atoms with Gasteiger partial charge in [-0.3, -0.25) is 0 Å². The molecule has 0 N–H and O–H groups in total. The zero-order valence-corrected chi connectivity index (χ0v) is 16.0. The Morgan fingerprint density at radius 3 is 1.64 bits per heavy atom. The number of hydrogen-bond donors (Lipinski definition) is 0. The molecule has 0 bridgehead atoms. The molecule has 0 aliphatic heterocycles. The minimum atomic E-state index is -0.457. The summed E-state index contributed by atoms with van der Waals surface area (Å²) in [4.78, 5) is 25.6. The molecule has 0 atom stereocenters. The van der Waals surface area contributed by atoms with Crippen molar-refractivity contribution in [2.24, 2.45) is 0 Å². The molecule has 2 aliphatic rings. The van der Waals surface area contributed by atoms with Crippen LogP contribution in [0.5, 0.6) is 0 Å². The van der Waals surface area contributed by atoms with Crippen LogP contribution in [0.15, 0.2) is 60.7 Å². The molecule has 0 radical (unpaired) electrons. The average molecular weight is 374 g/mol. The van der Waals surface area contributed by atoms with E-state index >= 15 is 0 Å².